The van der Waals surface area contributed by atoms with Crippen LogP contribution >= 0.6 is 0 Å². The molecule has 1 aliphatic heterocycles. The van der Waals surface area contributed by atoms with Crippen LogP contribution in [0.1, 0.15) is 49.5 Å². The molecule has 2 rings (SSSR count). The number of rotatable bonds is 5. The summed E-state index contributed by atoms with van der Waals surface area (Å²) in [5.74, 6) is -0.0242. The summed E-state index contributed by atoms with van der Waals surface area (Å²) in [7, 11) is 2.95. The van der Waals surface area contributed by atoms with Crippen LogP contribution in [0.5, 0.6) is 11.5 Å². The third-order valence-electron chi connectivity index (χ3n) is 4.51. The lowest BCUT2D eigenvalue weighted by atomic mass is 9.95. The van der Waals surface area contributed by atoms with Gasteiger partial charge in [0.2, 0.25) is 0 Å². The molecule has 0 radical (unpaired) electrons. The third-order valence-corrected chi connectivity index (χ3v) is 4.51. The van der Waals surface area contributed by atoms with Gasteiger partial charge in [0.15, 0.2) is 0 Å². The van der Waals surface area contributed by atoms with Gasteiger partial charge in [-0.1, -0.05) is 12.2 Å². The minimum absolute atomic E-state index is 0.103. The Morgan fingerprint density at radius 3 is 2.29 bits per heavy atom. The fourth-order valence-electron chi connectivity index (χ4n) is 3.09. The van der Waals surface area contributed by atoms with Crippen LogP contribution in [-0.2, 0) is 4.74 Å². The second-order valence-corrected chi connectivity index (χ2v) is 7.76. The molecule has 1 aromatic rings. The summed E-state index contributed by atoms with van der Waals surface area (Å²) in [6, 6.07) is 3.23. The molecule has 0 atom stereocenters. The number of aromatic carboxylic acids is 1. The molecule has 1 heterocycles. The zero-order chi connectivity index (χ0) is 20.9. The monoisotopic (exact) mass is 391 g/mol. The summed E-state index contributed by atoms with van der Waals surface area (Å²) < 4.78 is 15.9. The molecule has 1 fully saturated rings. The predicted molar refractivity (Wildman–Crippen MR) is 106 cm³/mol. The van der Waals surface area contributed by atoms with Crippen LogP contribution in [0, 0.1) is 5.92 Å². The molecule has 7 nitrogen and oxygen atoms in total. The van der Waals surface area contributed by atoms with Crippen LogP contribution in [0.25, 0.3) is 6.08 Å². The maximum absolute atomic E-state index is 12.2. The van der Waals surface area contributed by atoms with Crippen molar-refractivity contribution in [2.45, 2.75) is 39.2 Å². The SMILES string of the molecule is COc1cc(/C=C/C2CCN(C(=O)OC(C)(C)C)CC2)c(C(=O)O)c(OC)c1. The molecular weight excluding hydrogens is 362 g/mol. The smallest absolute Gasteiger partial charge is 0.410 e. The van der Waals surface area contributed by atoms with Gasteiger partial charge >= 0.3 is 12.1 Å². The van der Waals surface area contributed by atoms with E-state index in [1.54, 1.807) is 23.1 Å². The van der Waals surface area contributed by atoms with Crippen LogP contribution in [0.2, 0.25) is 0 Å². The van der Waals surface area contributed by atoms with E-state index in [1.807, 2.05) is 26.8 Å². The number of benzene rings is 1. The summed E-state index contributed by atoms with van der Waals surface area (Å²) in [6.07, 6.45) is 5.08. The van der Waals surface area contributed by atoms with Gasteiger partial charge < -0.3 is 24.2 Å². The molecule has 1 aliphatic rings. The van der Waals surface area contributed by atoms with Crippen LogP contribution < -0.4 is 9.47 Å². The Hall–Kier alpha value is -2.70. The molecule has 28 heavy (non-hydrogen) atoms. The molecule has 1 saturated heterocycles. The molecule has 1 aromatic carbocycles. The first-order valence-corrected chi connectivity index (χ1v) is 9.30. The number of ether oxygens (including phenoxy) is 3. The van der Waals surface area contributed by atoms with Gasteiger partial charge in [-0.3, -0.25) is 0 Å². The first kappa shape index (κ1) is 21.6. The van der Waals surface area contributed by atoms with E-state index in [1.165, 1.54) is 14.2 Å². The Bertz CT molecular complexity index is 742. The average molecular weight is 391 g/mol. The second-order valence-electron chi connectivity index (χ2n) is 7.76. The van der Waals surface area contributed by atoms with E-state index >= 15 is 0 Å². The molecule has 0 saturated carbocycles. The number of carbonyl (C=O) groups excluding carboxylic acids is 1. The molecule has 1 amide bonds. The van der Waals surface area contributed by atoms with E-state index in [-0.39, 0.29) is 23.3 Å². The van der Waals surface area contributed by atoms with E-state index < -0.39 is 11.6 Å². The largest absolute Gasteiger partial charge is 0.497 e. The van der Waals surface area contributed by atoms with Gasteiger partial charge in [0.1, 0.15) is 22.7 Å². The summed E-state index contributed by atoms with van der Waals surface area (Å²) in [6.45, 7) is 6.77. The molecule has 154 valence electrons. The number of hydrogen-bond donors (Lipinski definition) is 1. The number of nitrogens with zero attached hydrogens (tertiary/aromatic N) is 1. The zero-order valence-electron chi connectivity index (χ0n) is 17.2. The number of hydrogen-bond acceptors (Lipinski definition) is 5. The quantitative estimate of drug-likeness (QED) is 0.815. The Labute approximate surface area is 165 Å². The van der Waals surface area contributed by atoms with Crippen molar-refractivity contribution in [2.24, 2.45) is 5.92 Å². The van der Waals surface area contributed by atoms with Gasteiger partial charge in [-0.05, 0) is 51.2 Å². The van der Waals surface area contributed by atoms with Gasteiger partial charge in [0, 0.05) is 19.2 Å². The lowest BCUT2D eigenvalue weighted by Crippen LogP contribution is -2.41. The van der Waals surface area contributed by atoms with Crippen LogP contribution in [0.3, 0.4) is 0 Å². The maximum Gasteiger partial charge on any atom is 0.410 e. The average Bonchev–Trinajstić information content (AvgIpc) is 2.64. The highest BCUT2D eigenvalue weighted by Gasteiger charge is 2.26. The van der Waals surface area contributed by atoms with E-state index in [0.717, 1.165) is 12.8 Å². The number of piperidine rings is 1. The second kappa shape index (κ2) is 8.99. The number of methoxy groups -OCH3 is 2. The Morgan fingerprint density at radius 2 is 1.79 bits per heavy atom. The van der Waals surface area contributed by atoms with E-state index in [0.29, 0.717) is 24.4 Å². The van der Waals surface area contributed by atoms with Crippen molar-refractivity contribution in [1.82, 2.24) is 4.90 Å². The summed E-state index contributed by atoms with van der Waals surface area (Å²) in [5.41, 5.74) is 0.121. The van der Waals surface area contributed by atoms with Gasteiger partial charge in [-0.2, -0.15) is 0 Å². The van der Waals surface area contributed by atoms with Gasteiger partial charge in [-0.15, -0.1) is 0 Å². The molecule has 0 bridgehead atoms. The maximum atomic E-state index is 12.2. The zero-order valence-corrected chi connectivity index (χ0v) is 17.2. The summed E-state index contributed by atoms with van der Waals surface area (Å²) >= 11 is 0. The number of amides is 1. The third kappa shape index (κ3) is 5.65. The molecule has 0 aromatic heterocycles. The van der Waals surface area contributed by atoms with E-state index in [2.05, 4.69) is 0 Å². The van der Waals surface area contributed by atoms with Crippen LogP contribution in [0.15, 0.2) is 18.2 Å². The molecular formula is C21H29NO6. The van der Waals surface area contributed by atoms with Crippen molar-refractivity contribution in [2.75, 3.05) is 27.3 Å². The Balaban J connectivity index is 2.09. The van der Waals surface area contributed by atoms with Crippen molar-refractivity contribution in [3.05, 3.63) is 29.3 Å². The van der Waals surface area contributed by atoms with Gasteiger partial charge in [-0.25, -0.2) is 9.59 Å². The highest BCUT2D eigenvalue weighted by Crippen LogP contribution is 2.31. The first-order valence-electron chi connectivity index (χ1n) is 9.30. The lowest BCUT2D eigenvalue weighted by Gasteiger charge is -2.32. The summed E-state index contributed by atoms with van der Waals surface area (Å²) in [4.78, 5) is 25.5. The molecule has 0 aliphatic carbocycles. The van der Waals surface area contributed by atoms with Crippen molar-refractivity contribution < 1.29 is 28.9 Å². The minimum Gasteiger partial charge on any atom is -0.497 e. The predicted octanol–water partition coefficient (Wildman–Crippen LogP) is 4.06. The number of carboxylic acids is 1. The van der Waals surface area contributed by atoms with E-state index in [9.17, 15) is 14.7 Å². The first-order chi connectivity index (χ1) is 13.1. The van der Waals surface area contributed by atoms with Crippen LogP contribution in [0.4, 0.5) is 4.79 Å². The number of carboxylic acid groups (broad SMARTS) is 1. The highest BCUT2D eigenvalue weighted by molar-refractivity contribution is 5.95. The molecule has 7 heteroatoms. The highest BCUT2D eigenvalue weighted by atomic mass is 16.6. The minimum atomic E-state index is -1.06. The van der Waals surface area contributed by atoms with Crippen molar-refractivity contribution in [1.29, 1.82) is 0 Å². The van der Waals surface area contributed by atoms with Crippen molar-refractivity contribution in [3.63, 3.8) is 0 Å². The standard InChI is InChI=1S/C21H29NO6/c1-21(2,3)28-20(25)22-10-8-14(9-11-22)6-7-15-12-16(26-4)13-17(27-5)18(15)19(23)24/h6-7,12-14H,8-11H2,1-5H3,(H,23,24)/b7-6+. The Kier molecular flexibility index (Phi) is 6.94. The number of allylic oxidation sites excluding steroid dienone is 1. The van der Waals surface area contributed by atoms with Crippen LogP contribution in [-0.4, -0.2) is 55.0 Å². The van der Waals surface area contributed by atoms with Gasteiger partial charge in [0.05, 0.1) is 14.2 Å². The van der Waals surface area contributed by atoms with E-state index in [4.69, 9.17) is 14.2 Å². The van der Waals surface area contributed by atoms with Gasteiger partial charge in [0.25, 0.3) is 0 Å². The normalized spacial score (nSPS) is 15.5. The molecule has 0 unspecified atom stereocenters. The topological polar surface area (TPSA) is 85.3 Å². The summed E-state index contributed by atoms with van der Waals surface area (Å²) in [5, 5.41) is 9.55. The molecule has 0 spiro atoms. The lowest BCUT2D eigenvalue weighted by molar-refractivity contribution is 0.0197. The fourth-order valence-corrected chi connectivity index (χ4v) is 3.09. The fraction of sp³-hybridized carbons (Fsp3) is 0.524. The Morgan fingerprint density at radius 1 is 1.14 bits per heavy atom. The number of likely N-dealkylation sites (tertiary alicyclic amines) is 1. The number of carbonyl (C=O) groups is 2. The van der Waals surface area contributed by atoms with Crippen molar-refractivity contribution in [3.8, 4) is 11.5 Å². The molecule has 1 N–H and O–H groups in total. The van der Waals surface area contributed by atoms with Crippen molar-refractivity contribution >= 4 is 18.1 Å².